The lowest BCUT2D eigenvalue weighted by Crippen LogP contribution is -2.12. The predicted molar refractivity (Wildman–Crippen MR) is 187 cm³/mol. The van der Waals surface area contributed by atoms with Crippen molar-refractivity contribution >= 4 is 5.97 Å². The first-order valence-electron chi connectivity index (χ1n) is 20.2. The first-order valence-corrected chi connectivity index (χ1v) is 20.2. The van der Waals surface area contributed by atoms with Gasteiger partial charge in [0.2, 0.25) is 0 Å². The van der Waals surface area contributed by atoms with Gasteiger partial charge in [-0.3, -0.25) is 4.79 Å². The van der Waals surface area contributed by atoms with E-state index in [0.29, 0.717) is 37.4 Å². The normalized spacial score (nSPS) is 21.4. The van der Waals surface area contributed by atoms with E-state index in [4.69, 9.17) is 14.2 Å². The van der Waals surface area contributed by atoms with Gasteiger partial charge in [0.15, 0.2) is 0 Å². The van der Waals surface area contributed by atoms with Gasteiger partial charge < -0.3 is 14.2 Å². The highest BCUT2D eigenvalue weighted by Crippen LogP contribution is 2.39. The molecule has 0 spiro atoms. The van der Waals surface area contributed by atoms with Crippen LogP contribution in [0.1, 0.15) is 213 Å². The number of unbranched alkanes of at least 4 members (excludes halogenated alkanes) is 19. The lowest BCUT2D eigenvalue weighted by Gasteiger charge is -2.15. The van der Waals surface area contributed by atoms with Crippen LogP contribution in [0.15, 0.2) is 0 Å². The Labute approximate surface area is 274 Å². The monoisotopic (exact) mass is 621 g/mol. The summed E-state index contributed by atoms with van der Waals surface area (Å²) in [4.78, 5) is 12.1. The molecule has 0 aromatic heterocycles. The summed E-state index contributed by atoms with van der Waals surface area (Å²) in [6, 6.07) is 0. The van der Waals surface area contributed by atoms with Gasteiger partial charge >= 0.3 is 5.97 Å². The molecule has 2 aliphatic rings. The van der Waals surface area contributed by atoms with Gasteiger partial charge in [-0.2, -0.15) is 0 Å². The van der Waals surface area contributed by atoms with Crippen LogP contribution in [-0.2, 0) is 19.0 Å². The number of carbonyl (C=O) groups is 1. The largest absolute Gasteiger partial charge is 0.466 e. The zero-order valence-electron chi connectivity index (χ0n) is 29.9. The van der Waals surface area contributed by atoms with Gasteiger partial charge in [-0.05, 0) is 50.9 Å². The standard InChI is InChI=1S/C40H76O4/c1-4-7-10-13-16-22-30-36-37(43-36)31-26-25-29-35(40-38(44-40)32-23-17-14-11-8-5-2)28-21-18-19-24-33-39(41)42-34-27-20-15-12-9-6-3/h35-38,40H,4-34H2,1-3H3. The highest BCUT2D eigenvalue weighted by Gasteiger charge is 2.43. The Morgan fingerprint density at radius 1 is 0.500 bits per heavy atom. The maximum absolute atomic E-state index is 12.1. The smallest absolute Gasteiger partial charge is 0.305 e. The van der Waals surface area contributed by atoms with E-state index in [1.54, 1.807) is 0 Å². The van der Waals surface area contributed by atoms with Gasteiger partial charge in [0, 0.05) is 6.42 Å². The molecule has 0 aliphatic carbocycles. The molecule has 0 radical (unpaired) electrons. The quantitative estimate of drug-likeness (QED) is 0.0408. The summed E-state index contributed by atoms with van der Waals surface area (Å²) in [6.45, 7) is 7.44. The minimum Gasteiger partial charge on any atom is -0.466 e. The third kappa shape index (κ3) is 21.2. The molecule has 4 heteroatoms. The molecule has 0 saturated carbocycles. The highest BCUT2D eigenvalue weighted by molar-refractivity contribution is 5.69. The van der Waals surface area contributed by atoms with Crippen LogP contribution in [0.5, 0.6) is 0 Å². The Balaban J connectivity index is 1.54. The average Bonchev–Trinajstić information content (AvgIpc) is 3.96. The first-order chi connectivity index (χ1) is 21.7. The number of hydrogen-bond donors (Lipinski definition) is 0. The van der Waals surface area contributed by atoms with E-state index < -0.39 is 0 Å². The fraction of sp³-hybridized carbons (Fsp3) is 0.975. The lowest BCUT2D eigenvalue weighted by molar-refractivity contribution is -0.143. The molecule has 2 aliphatic heterocycles. The number of rotatable bonds is 34. The van der Waals surface area contributed by atoms with E-state index in [2.05, 4.69) is 20.8 Å². The third-order valence-electron chi connectivity index (χ3n) is 10.2. The second kappa shape index (κ2) is 27.5. The molecule has 5 unspecified atom stereocenters. The van der Waals surface area contributed by atoms with Crippen molar-refractivity contribution < 1.29 is 19.0 Å². The molecular formula is C40H76O4. The van der Waals surface area contributed by atoms with Gasteiger partial charge in [-0.1, -0.05) is 162 Å². The molecule has 2 saturated heterocycles. The highest BCUT2D eigenvalue weighted by atomic mass is 16.6. The van der Waals surface area contributed by atoms with Crippen LogP contribution in [0, 0.1) is 5.92 Å². The van der Waals surface area contributed by atoms with Crippen LogP contribution in [0.4, 0.5) is 0 Å². The van der Waals surface area contributed by atoms with E-state index in [-0.39, 0.29) is 5.97 Å². The van der Waals surface area contributed by atoms with Crippen LogP contribution in [0.3, 0.4) is 0 Å². The van der Waals surface area contributed by atoms with Crippen LogP contribution >= 0.6 is 0 Å². The summed E-state index contributed by atoms with van der Waals surface area (Å²) in [5.74, 6) is 0.732. The lowest BCUT2D eigenvalue weighted by atomic mass is 9.89. The Morgan fingerprint density at radius 3 is 1.52 bits per heavy atom. The van der Waals surface area contributed by atoms with Gasteiger partial charge in [-0.15, -0.1) is 0 Å². The molecule has 0 aromatic carbocycles. The second-order valence-corrected chi connectivity index (χ2v) is 14.5. The summed E-state index contributed by atoms with van der Waals surface area (Å²) in [5.41, 5.74) is 0. The zero-order valence-corrected chi connectivity index (χ0v) is 29.9. The van der Waals surface area contributed by atoms with Crippen LogP contribution < -0.4 is 0 Å². The Morgan fingerprint density at radius 2 is 0.932 bits per heavy atom. The molecule has 0 N–H and O–H groups in total. The van der Waals surface area contributed by atoms with Gasteiger partial charge in [0.05, 0.1) is 31.0 Å². The number of esters is 1. The number of epoxide rings is 2. The fourth-order valence-corrected chi connectivity index (χ4v) is 7.14. The van der Waals surface area contributed by atoms with Gasteiger partial charge in [-0.25, -0.2) is 0 Å². The number of carbonyl (C=O) groups excluding carboxylic acids is 1. The van der Waals surface area contributed by atoms with Crippen molar-refractivity contribution in [2.45, 2.75) is 238 Å². The summed E-state index contributed by atoms with van der Waals surface area (Å²) in [7, 11) is 0. The summed E-state index contributed by atoms with van der Waals surface area (Å²) < 4.78 is 17.8. The molecule has 2 heterocycles. The Kier molecular flexibility index (Phi) is 24.7. The van der Waals surface area contributed by atoms with Crippen LogP contribution in [0.2, 0.25) is 0 Å². The van der Waals surface area contributed by atoms with E-state index in [1.165, 1.54) is 167 Å². The zero-order chi connectivity index (χ0) is 31.5. The molecule has 44 heavy (non-hydrogen) atoms. The van der Waals surface area contributed by atoms with Crippen molar-refractivity contribution in [3.63, 3.8) is 0 Å². The van der Waals surface area contributed by atoms with E-state index in [1.807, 2.05) is 0 Å². The topological polar surface area (TPSA) is 51.4 Å². The summed E-state index contributed by atoms with van der Waals surface area (Å²) in [5, 5.41) is 0. The molecule has 260 valence electrons. The molecule has 0 amide bonds. The first kappa shape index (κ1) is 39.6. The van der Waals surface area contributed by atoms with Crippen LogP contribution in [0.25, 0.3) is 0 Å². The predicted octanol–water partition coefficient (Wildman–Crippen LogP) is 12.4. The van der Waals surface area contributed by atoms with E-state index >= 15 is 0 Å². The Hall–Kier alpha value is -0.610. The molecule has 2 fully saturated rings. The van der Waals surface area contributed by atoms with Crippen molar-refractivity contribution in [2.75, 3.05) is 6.61 Å². The molecule has 0 bridgehead atoms. The van der Waals surface area contributed by atoms with Crippen molar-refractivity contribution in [1.82, 2.24) is 0 Å². The summed E-state index contributed by atoms with van der Waals surface area (Å²) in [6.07, 6.45) is 40.3. The van der Waals surface area contributed by atoms with Gasteiger partial charge in [0.25, 0.3) is 0 Å². The third-order valence-corrected chi connectivity index (χ3v) is 10.2. The maximum atomic E-state index is 12.1. The van der Waals surface area contributed by atoms with E-state index in [0.717, 1.165) is 25.2 Å². The molecular weight excluding hydrogens is 544 g/mol. The van der Waals surface area contributed by atoms with E-state index in [9.17, 15) is 4.79 Å². The molecule has 0 aromatic rings. The molecule has 5 atom stereocenters. The Bertz CT molecular complexity index is 651. The minimum absolute atomic E-state index is 0.00852. The second-order valence-electron chi connectivity index (χ2n) is 14.5. The average molecular weight is 621 g/mol. The van der Waals surface area contributed by atoms with Crippen molar-refractivity contribution in [2.24, 2.45) is 5.92 Å². The van der Waals surface area contributed by atoms with Crippen LogP contribution in [-0.4, -0.2) is 37.0 Å². The van der Waals surface area contributed by atoms with Crippen molar-refractivity contribution in [3.8, 4) is 0 Å². The molecule has 2 rings (SSSR count). The summed E-state index contributed by atoms with van der Waals surface area (Å²) >= 11 is 0. The van der Waals surface area contributed by atoms with Crippen molar-refractivity contribution in [1.29, 1.82) is 0 Å². The number of hydrogen-bond acceptors (Lipinski definition) is 4. The SMILES string of the molecule is CCCCCCCCOC(=O)CCCCCCC(CCCCC1OC1CCCCCCCC)C1OC1CCCCCCCC. The minimum atomic E-state index is 0.00852. The number of ether oxygens (including phenoxy) is 3. The fourth-order valence-electron chi connectivity index (χ4n) is 7.14. The van der Waals surface area contributed by atoms with Crippen molar-refractivity contribution in [3.05, 3.63) is 0 Å². The van der Waals surface area contributed by atoms with Gasteiger partial charge in [0.1, 0.15) is 0 Å². The molecule has 4 nitrogen and oxygen atoms in total. The maximum Gasteiger partial charge on any atom is 0.305 e.